The Morgan fingerprint density at radius 3 is 2.74 bits per heavy atom. The molecule has 0 fully saturated rings. The Kier molecular flexibility index (Phi) is 4.61. The third-order valence-corrected chi connectivity index (χ3v) is 3.39. The van der Waals surface area contributed by atoms with Crippen molar-refractivity contribution in [3.05, 3.63) is 58.3 Å². The summed E-state index contributed by atoms with van der Waals surface area (Å²) in [5.74, 6) is 0.566. The van der Waals surface area contributed by atoms with Gasteiger partial charge < -0.3 is 9.73 Å². The van der Waals surface area contributed by atoms with E-state index in [2.05, 4.69) is 5.32 Å². The maximum Gasteiger partial charge on any atom is 0.124 e. The highest BCUT2D eigenvalue weighted by Crippen LogP contribution is 2.25. The van der Waals surface area contributed by atoms with Crippen molar-refractivity contribution in [2.75, 3.05) is 6.54 Å². The fraction of sp³-hybridized carbons (Fsp3) is 0.333. The van der Waals surface area contributed by atoms with E-state index in [1.54, 1.807) is 12.3 Å². The lowest BCUT2D eigenvalue weighted by atomic mass is 10.0. The molecule has 2 nitrogen and oxygen atoms in total. The van der Waals surface area contributed by atoms with Gasteiger partial charge in [-0.05, 0) is 43.7 Å². The molecule has 102 valence electrons. The van der Waals surface area contributed by atoms with E-state index < -0.39 is 0 Å². The number of halogens is 2. The summed E-state index contributed by atoms with van der Waals surface area (Å²) in [5.41, 5.74) is 2.01. The van der Waals surface area contributed by atoms with Crippen molar-refractivity contribution < 1.29 is 8.81 Å². The molecule has 19 heavy (non-hydrogen) atoms. The average molecular weight is 282 g/mol. The molecule has 1 aromatic carbocycles. The number of hydrogen-bond donors (Lipinski definition) is 1. The SMILES string of the molecule is CCNC(Cc1ccc(F)cc1Cl)c1coc(C)c1. The molecule has 0 bridgehead atoms. The molecule has 2 aromatic rings. The first-order chi connectivity index (χ1) is 9.10. The van der Waals surface area contributed by atoms with E-state index in [4.69, 9.17) is 16.0 Å². The smallest absolute Gasteiger partial charge is 0.124 e. The summed E-state index contributed by atoms with van der Waals surface area (Å²) in [6, 6.07) is 6.64. The third kappa shape index (κ3) is 3.58. The zero-order valence-electron chi connectivity index (χ0n) is 11.0. The predicted molar refractivity (Wildman–Crippen MR) is 75.0 cm³/mol. The van der Waals surface area contributed by atoms with Crippen molar-refractivity contribution in [2.24, 2.45) is 0 Å². The van der Waals surface area contributed by atoms with Gasteiger partial charge in [-0.15, -0.1) is 0 Å². The average Bonchev–Trinajstić information content (AvgIpc) is 2.78. The fourth-order valence-corrected chi connectivity index (χ4v) is 2.35. The van der Waals surface area contributed by atoms with E-state index >= 15 is 0 Å². The third-order valence-electron chi connectivity index (χ3n) is 3.04. The highest BCUT2D eigenvalue weighted by atomic mass is 35.5. The maximum absolute atomic E-state index is 13.0. The van der Waals surface area contributed by atoms with E-state index in [-0.39, 0.29) is 11.9 Å². The van der Waals surface area contributed by atoms with Crippen molar-refractivity contribution in [1.29, 1.82) is 0 Å². The Hall–Kier alpha value is -1.32. The van der Waals surface area contributed by atoms with Gasteiger partial charge >= 0.3 is 0 Å². The molecule has 0 aliphatic carbocycles. The van der Waals surface area contributed by atoms with Crippen LogP contribution in [0.15, 0.2) is 34.9 Å². The first-order valence-electron chi connectivity index (χ1n) is 6.32. The minimum Gasteiger partial charge on any atom is -0.469 e. The molecule has 1 atom stereocenters. The maximum atomic E-state index is 13.0. The van der Waals surface area contributed by atoms with Gasteiger partial charge in [-0.3, -0.25) is 0 Å². The van der Waals surface area contributed by atoms with Gasteiger partial charge in [-0.1, -0.05) is 24.6 Å². The van der Waals surface area contributed by atoms with E-state index in [1.165, 1.54) is 12.1 Å². The summed E-state index contributed by atoms with van der Waals surface area (Å²) in [7, 11) is 0. The van der Waals surface area contributed by atoms with Crippen LogP contribution in [0.1, 0.15) is 29.9 Å². The van der Waals surface area contributed by atoms with Crippen LogP contribution < -0.4 is 5.32 Å². The van der Waals surface area contributed by atoms with Crippen molar-refractivity contribution in [2.45, 2.75) is 26.3 Å². The number of rotatable bonds is 5. The Morgan fingerprint density at radius 2 is 2.16 bits per heavy atom. The molecule has 2 rings (SSSR count). The second kappa shape index (κ2) is 6.22. The molecule has 0 spiro atoms. The highest BCUT2D eigenvalue weighted by molar-refractivity contribution is 6.31. The molecular formula is C15H17ClFNO. The zero-order valence-corrected chi connectivity index (χ0v) is 11.8. The minimum absolute atomic E-state index is 0.116. The minimum atomic E-state index is -0.312. The lowest BCUT2D eigenvalue weighted by Crippen LogP contribution is -2.22. The van der Waals surface area contributed by atoms with Crippen molar-refractivity contribution in [3.8, 4) is 0 Å². The Balaban J connectivity index is 2.21. The fourth-order valence-electron chi connectivity index (χ4n) is 2.11. The van der Waals surface area contributed by atoms with Crippen LogP contribution in [0.2, 0.25) is 5.02 Å². The number of furan rings is 1. The lowest BCUT2D eigenvalue weighted by molar-refractivity contribution is 0.511. The Bertz CT molecular complexity index is 553. The predicted octanol–water partition coefficient (Wildman–Crippen LogP) is 4.27. The van der Waals surface area contributed by atoms with E-state index in [9.17, 15) is 4.39 Å². The zero-order chi connectivity index (χ0) is 13.8. The number of hydrogen-bond acceptors (Lipinski definition) is 2. The van der Waals surface area contributed by atoms with E-state index in [0.29, 0.717) is 11.4 Å². The summed E-state index contributed by atoms with van der Waals surface area (Å²) in [6.45, 7) is 4.80. The molecule has 1 unspecified atom stereocenters. The van der Waals surface area contributed by atoms with Crippen LogP contribution in [-0.2, 0) is 6.42 Å². The van der Waals surface area contributed by atoms with Gasteiger partial charge in [0.05, 0.1) is 6.26 Å². The molecule has 1 N–H and O–H groups in total. The first kappa shape index (κ1) is 14.1. The van der Waals surface area contributed by atoms with Gasteiger partial charge in [0.25, 0.3) is 0 Å². The van der Waals surface area contributed by atoms with Crippen molar-refractivity contribution >= 4 is 11.6 Å². The van der Waals surface area contributed by atoms with Gasteiger partial charge in [-0.2, -0.15) is 0 Å². The second-order valence-corrected chi connectivity index (χ2v) is 4.95. The van der Waals surface area contributed by atoms with Crippen LogP contribution >= 0.6 is 11.6 Å². The van der Waals surface area contributed by atoms with Crippen LogP contribution in [0.25, 0.3) is 0 Å². The molecule has 0 amide bonds. The monoisotopic (exact) mass is 281 g/mol. The highest BCUT2D eigenvalue weighted by Gasteiger charge is 2.15. The summed E-state index contributed by atoms with van der Waals surface area (Å²) in [4.78, 5) is 0. The Labute approximate surface area is 117 Å². The van der Waals surface area contributed by atoms with Crippen LogP contribution in [-0.4, -0.2) is 6.54 Å². The topological polar surface area (TPSA) is 25.2 Å². The van der Waals surface area contributed by atoms with E-state index in [1.807, 2.05) is 19.9 Å². The van der Waals surface area contributed by atoms with Crippen LogP contribution in [0, 0.1) is 12.7 Å². The number of benzene rings is 1. The van der Waals surface area contributed by atoms with Gasteiger partial charge in [0.15, 0.2) is 0 Å². The van der Waals surface area contributed by atoms with Crippen LogP contribution in [0.4, 0.5) is 4.39 Å². The van der Waals surface area contributed by atoms with Gasteiger partial charge in [0, 0.05) is 16.6 Å². The number of aryl methyl sites for hydroxylation is 1. The van der Waals surface area contributed by atoms with E-state index in [0.717, 1.165) is 23.4 Å². The van der Waals surface area contributed by atoms with Gasteiger partial charge in [-0.25, -0.2) is 4.39 Å². The molecule has 1 aromatic heterocycles. The summed E-state index contributed by atoms with van der Waals surface area (Å²) < 4.78 is 18.4. The second-order valence-electron chi connectivity index (χ2n) is 4.54. The van der Waals surface area contributed by atoms with Crippen LogP contribution in [0.5, 0.6) is 0 Å². The number of nitrogens with one attached hydrogen (secondary N) is 1. The van der Waals surface area contributed by atoms with Crippen molar-refractivity contribution in [1.82, 2.24) is 5.32 Å². The summed E-state index contributed by atoms with van der Waals surface area (Å²) >= 11 is 6.08. The standard InChI is InChI=1S/C15H17ClFNO/c1-3-18-15(12-6-10(2)19-9-12)7-11-4-5-13(17)8-14(11)16/h4-6,8-9,15,18H,3,7H2,1-2H3. The Morgan fingerprint density at radius 1 is 1.37 bits per heavy atom. The molecule has 1 heterocycles. The van der Waals surface area contributed by atoms with Crippen molar-refractivity contribution in [3.63, 3.8) is 0 Å². The molecular weight excluding hydrogens is 265 g/mol. The molecule has 0 saturated heterocycles. The summed E-state index contributed by atoms with van der Waals surface area (Å²) in [6.07, 6.45) is 2.45. The quantitative estimate of drug-likeness (QED) is 0.885. The van der Waals surface area contributed by atoms with Gasteiger partial charge in [0.2, 0.25) is 0 Å². The summed E-state index contributed by atoms with van der Waals surface area (Å²) in [5, 5.41) is 3.85. The molecule has 4 heteroatoms. The molecule has 0 aliphatic heterocycles. The number of likely N-dealkylation sites (N-methyl/N-ethyl adjacent to an activating group) is 1. The lowest BCUT2D eigenvalue weighted by Gasteiger charge is -2.17. The van der Waals surface area contributed by atoms with Gasteiger partial charge in [0.1, 0.15) is 11.6 Å². The largest absolute Gasteiger partial charge is 0.469 e. The van der Waals surface area contributed by atoms with Crippen LogP contribution in [0.3, 0.4) is 0 Å². The molecule has 0 saturated carbocycles. The molecule has 0 aliphatic rings. The normalized spacial score (nSPS) is 12.6. The molecule has 0 radical (unpaired) electrons. The first-order valence-corrected chi connectivity index (χ1v) is 6.70.